The predicted octanol–water partition coefficient (Wildman–Crippen LogP) is 2.21. The second-order valence-corrected chi connectivity index (χ2v) is 8.74. The first-order valence-corrected chi connectivity index (χ1v) is 11.6. The van der Waals surface area contributed by atoms with Crippen LogP contribution in [-0.4, -0.2) is 53.4 Å². The first-order valence-electron chi connectivity index (χ1n) is 11.6. The lowest BCUT2D eigenvalue weighted by atomic mass is 10.1. The lowest BCUT2D eigenvalue weighted by Crippen LogP contribution is -2.26. The third-order valence-corrected chi connectivity index (χ3v) is 5.96. The zero-order valence-electron chi connectivity index (χ0n) is 20.3. The zero-order valence-corrected chi connectivity index (χ0v) is 20.3. The van der Waals surface area contributed by atoms with Crippen LogP contribution in [0.25, 0.3) is 11.0 Å². The van der Waals surface area contributed by atoms with Gasteiger partial charge in [0.25, 0.3) is 17.7 Å². The molecule has 2 aromatic carbocycles. The van der Waals surface area contributed by atoms with Crippen LogP contribution in [0.5, 0.6) is 5.75 Å². The average molecular weight is 500 g/mol. The summed E-state index contributed by atoms with van der Waals surface area (Å²) in [4.78, 5) is 50.6. The van der Waals surface area contributed by atoms with Gasteiger partial charge in [0.15, 0.2) is 12.3 Å². The summed E-state index contributed by atoms with van der Waals surface area (Å²) in [5.74, 6) is -0.396. The van der Waals surface area contributed by atoms with Gasteiger partial charge in [0.1, 0.15) is 17.6 Å². The van der Waals surface area contributed by atoms with Crippen molar-refractivity contribution in [2.45, 2.75) is 13.1 Å². The number of benzene rings is 2. The maximum Gasteiger partial charge on any atom is 0.272 e. The van der Waals surface area contributed by atoms with Crippen molar-refractivity contribution in [1.82, 2.24) is 25.6 Å². The molecule has 2 aromatic heterocycles. The Morgan fingerprint density at radius 3 is 2.51 bits per heavy atom. The Morgan fingerprint density at radius 1 is 1.00 bits per heavy atom. The number of ether oxygens (including phenoxy) is 1. The van der Waals surface area contributed by atoms with Gasteiger partial charge in [-0.3, -0.25) is 14.4 Å². The van der Waals surface area contributed by atoms with Crippen molar-refractivity contribution in [2.75, 3.05) is 30.9 Å². The van der Waals surface area contributed by atoms with Crippen molar-refractivity contribution in [3.63, 3.8) is 0 Å². The molecule has 1 aliphatic rings. The quantitative estimate of drug-likeness (QED) is 0.305. The van der Waals surface area contributed by atoms with E-state index in [4.69, 9.17) is 4.74 Å². The summed E-state index contributed by atoms with van der Waals surface area (Å²) in [5.41, 5.74) is 4.53. The minimum atomic E-state index is -0.430. The Hall–Kier alpha value is -4.93. The summed E-state index contributed by atoms with van der Waals surface area (Å²) in [6.45, 7) is 0.533. The van der Waals surface area contributed by atoms with E-state index in [1.54, 1.807) is 18.2 Å². The maximum atomic E-state index is 12.9. The highest BCUT2D eigenvalue weighted by molar-refractivity contribution is 6.10. The van der Waals surface area contributed by atoms with Gasteiger partial charge in [0, 0.05) is 39.1 Å². The van der Waals surface area contributed by atoms with Gasteiger partial charge in [-0.1, -0.05) is 18.2 Å². The molecule has 3 heterocycles. The molecule has 4 aromatic rings. The lowest BCUT2D eigenvalue weighted by Gasteiger charge is -2.18. The fourth-order valence-electron chi connectivity index (χ4n) is 3.98. The summed E-state index contributed by atoms with van der Waals surface area (Å²) in [7, 11) is 3.93. The van der Waals surface area contributed by atoms with Crippen molar-refractivity contribution >= 4 is 40.1 Å². The second-order valence-electron chi connectivity index (χ2n) is 8.74. The van der Waals surface area contributed by atoms with E-state index in [0.717, 1.165) is 16.8 Å². The number of amides is 3. The number of H-pyrrole nitrogens is 1. The number of fused-ring (bicyclic) bond motifs is 2. The molecular weight excluding hydrogens is 474 g/mol. The van der Waals surface area contributed by atoms with Crippen molar-refractivity contribution in [2.24, 2.45) is 0 Å². The Balaban J connectivity index is 1.26. The van der Waals surface area contributed by atoms with Gasteiger partial charge in [-0.25, -0.2) is 9.97 Å². The van der Waals surface area contributed by atoms with Gasteiger partial charge in [0.2, 0.25) is 0 Å². The molecular formula is C26H25N7O4. The number of nitrogens with one attached hydrogen (secondary N) is 4. The standard InChI is InChI=1S/C26H25N7O4/c1-33(2)17-6-3-15(4-7-17)10-28-25(35)18-12-27-23-22(18)30-14-31-24(23)26(36)29-11-16-5-8-20-19(9-16)32-21(34)13-37-20/h3-9,12,14,27H,10-11,13H2,1-2H3,(H,28,35)(H,29,36)(H,32,34). The van der Waals surface area contributed by atoms with E-state index in [2.05, 4.69) is 30.9 Å². The molecule has 0 saturated heterocycles. The summed E-state index contributed by atoms with van der Waals surface area (Å²) < 4.78 is 5.36. The Morgan fingerprint density at radius 2 is 1.73 bits per heavy atom. The van der Waals surface area contributed by atoms with Crippen LogP contribution < -0.4 is 25.6 Å². The SMILES string of the molecule is CN(C)c1ccc(CNC(=O)c2c[nH]c3c(C(=O)NCc4ccc5c(c4)NC(=O)CO5)ncnc23)cc1. The molecule has 1 aliphatic heterocycles. The Bertz CT molecular complexity index is 1490. The van der Waals surface area contributed by atoms with Gasteiger partial charge in [-0.05, 0) is 35.4 Å². The minimum Gasteiger partial charge on any atom is -0.482 e. The number of nitrogens with zero attached hydrogens (tertiary/aromatic N) is 3. The third kappa shape index (κ3) is 5.06. The van der Waals surface area contributed by atoms with Crippen molar-refractivity contribution in [1.29, 1.82) is 0 Å². The van der Waals surface area contributed by atoms with Crippen molar-refractivity contribution in [3.8, 4) is 5.75 Å². The highest BCUT2D eigenvalue weighted by atomic mass is 16.5. The molecule has 0 atom stereocenters. The van der Waals surface area contributed by atoms with Crippen LogP contribution in [0.15, 0.2) is 55.0 Å². The molecule has 0 bridgehead atoms. The molecule has 5 rings (SSSR count). The smallest absolute Gasteiger partial charge is 0.272 e. The van der Waals surface area contributed by atoms with Crippen LogP contribution in [-0.2, 0) is 17.9 Å². The minimum absolute atomic E-state index is 0.0210. The topological polar surface area (TPSA) is 141 Å². The molecule has 188 valence electrons. The summed E-state index contributed by atoms with van der Waals surface area (Å²) >= 11 is 0. The molecule has 0 spiro atoms. The van der Waals surface area contributed by atoms with Gasteiger partial charge >= 0.3 is 0 Å². The van der Waals surface area contributed by atoms with Crippen LogP contribution in [0.2, 0.25) is 0 Å². The van der Waals surface area contributed by atoms with Crippen LogP contribution in [0.4, 0.5) is 11.4 Å². The van der Waals surface area contributed by atoms with Crippen molar-refractivity contribution < 1.29 is 19.1 Å². The number of rotatable bonds is 7. The molecule has 11 heteroatoms. The van der Waals surface area contributed by atoms with E-state index >= 15 is 0 Å². The average Bonchev–Trinajstić information content (AvgIpc) is 3.35. The maximum absolute atomic E-state index is 12.9. The van der Waals surface area contributed by atoms with E-state index in [0.29, 0.717) is 34.6 Å². The van der Waals surface area contributed by atoms with E-state index < -0.39 is 5.91 Å². The van der Waals surface area contributed by atoms with Crippen LogP contribution >= 0.6 is 0 Å². The van der Waals surface area contributed by atoms with E-state index in [1.807, 2.05) is 43.3 Å². The van der Waals surface area contributed by atoms with E-state index in [1.165, 1.54) is 12.5 Å². The number of carbonyl (C=O) groups is 3. The van der Waals surface area contributed by atoms with Gasteiger partial charge in [0.05, 0.1) is 16.8 Å². The molecule has 0 saturated carbocycles. The van der Waals surface area contributed by atoms with Crippen LogP contribution in [0.1, 0.15) is 32.0 Å². The monoisotopic (exact) mass is 499 g/mol. The molecule has 0 unspecified atom stereocenters. The van der Waals surface area contributed by atoms with Crippen LogP contribution in [0, 0.1) is 0 Å². The molecule has 4 N–H and O–H groups in total. The highest BCUT2D eigenvalue weighted by Gasteiger charge is 2.20. The number of hydrogen-bond acceptors (Lipinski definition) is 7. The Labute approximate surface area is 212 Å². The van der Waals surface area contributed by atoms with Gasteiger partial charge < -0.3 is 30.6 Å². The summed E-state index contributed by atoms with van der Waals surface area (Å²) in [6.07, 6.45) is 2.78. The predicted molar refractivity (Wildman–Crippen MR) is 138 cm³/mol. The fraction of sp³-hybridized carbons (Fsp3) is 0.192. The largest absolute Gasteiger partial charge is 0.482 e. The van der Waals surface area contributed by atoms with E-state index in [9.17, 15) is 14.4 Å². The first-order chi connectivity index (χ1) is 17.9. The summed E-state index contributed by atoms with van der Waals surface area (Å²) in [5, 5.41) is 8.45. The lowest BCUT2D eigenvalue weighted by molar-refractivity contribution is -0.118. The first kappa shape index (κ1) is 23.8. The van der Waals surface area contributed by atoms with Crippen LogP contribution in [0.3, 0.4) is 0 Å². The third-order valence-electron chi connectivity index (χ3n) is 5.96. The second kappa shape index (κ2) is 9.97. The van der Waals surface area contributed by atoms with Gasteiger partial charge in [-0.15, -0.1) is 0 Å². The number of aromatic nitrogens is 3. The molecule has 37 heavy (non-hydrogen) atoms. The molecule has 3 amide bonds. The molecule has 11 nitrogen and oxygen atoms in total. The van der Waals surface area contributed by atoms with Gasteiger partial charge in [-0.2, -0.15) is 0 Å². The Kier molecular flexibility index (Phi) is 6.42. The highest BCUT2D eigenvalue weighted by Crippen LogP contribution is 2.28. The molecule has 0 fully saturated rings. The number of anilines is 2. The number of carbonyl (C=O) groups excluding carboxylic acids is 3. The zero-order chi connectivity index (χ0) is 25.9. The fourth-order valence-corrected chi connectivity index (χ4v) is 3.98. The number of hydrogen-bond donors (Lipinski definition) is 4. The van der Waals surface area contributed by atoms with Crippen molar-refractivity contribution in [3.05, 3.63) is 77.4 Å². The molecule has 0 aliphatic carbocycles. The normalized spacial score (nSPS) is 12.3. The number of aromatic amines is 1. The summed E-state index contributed by atoms with van der Waals surface area (Å²) in [6, 6.07) is 13.2. The van der Waals surface area contributed by atoms with E-state index in [-0.39, 0.29) is 30.7 Å². The molecule has 0 radical (unpaired) electrons.